The molecule has 0 heterocycles. The molecule has 0 atom stereocenters. The second-order valence-corrected chi connectivity index (χ2v) is 4.37. The van der Waals surface area contributed by atoms with E-state index in [-0.39, 0.29) is 16.9 Å². The zero-order chi connectivity index (χ0) is 14.6. The minimum atomic E-state index is -0.778. The molecule has 1 aromatic carbocycles. The Bertz CT molecular complexity index is 558. The average Bonchev–Trinajstić information content (AvgIpc) is 2.37. The molecule has 0 aliphatic carbocycles. The van der Waals surface area contributed by atoms with Gasteiger partial charge >= 0.3 is 5.97 Å². The van der Waals surface area contributed by atoms with Gasteiger partial charge in [-0.15, -0.1) is 6.42 Å². The van der Waals surface area contributed by atoms with Crippen LogP contribution in [0.5, 0.6) is 0 Å². The molecule has 1 rings (SSSR count). The van der Waals surface area contributed by atoms with Crippen molar-refractivity contribution in [1.82, 2.24) is 0 Å². The molecule has 0 aliphatic rings. The Morgan fingerprint density at radius 1 is 1.53 bits per heavy atom. The highest BCUT2D eigenvalue weighted by Crippen LogP contribution is 2.28. The molecule has 1 N–H and O–H groups in total. The maximum atomic E-state index is 11.4. The van der Waals surface area contributed by atoms with Crippen LogP contribution in [0, 0.1) is 22.5 Å². The van der Waals surface area contributed by atoms with Crippen LogP contribution in [0.25, 0.3) is 0 Å². The van der Waals surface area contributed by atoms with Crippen LogP contribution in [0.3, 0.4) is 0 Å². The topological polar surface area (TPSA) is 81.5 Å². The number of carbonyl (C=O) groups excluding carboxylic acids is 1. The summed E-state index contributed by atoms with van der Waals surface area (Å²) in [6.07, 6.45) is 5.33. The van der Waals surface area contributed by atoms with E-state index in [0.717, 1.165) is 0 Å². The van der Waals surface area contributed by atoms with Gasteiger partial charge in [0.2, 0.25) is 0 Å². The van der Waals surface area contributed by atoms with Crippen molar-refractivity contribution in [2.24, 2.45) is 0 Å². The Morgan fingerprint density at radius 2 is 2.16 bits per heavy atom. The number of nitro benzene ring substituents is 1. The van der Waals surface area contributed by atoms with E-state index in [1.54, 1.807) is 13.8 Å². The van der Waals surface area contributed by atoms with Crippen molar-refractivity contribution in [2.45, 2.75) is 19.4 Å². The minimum absolute atomic E-state index is 0.157. The van der Waals surface area contributed by atoms with Gasteiger partial charge in [-0.25, -0.2) is 4.79 Å². The van der Waals surface area contributed by atoms with E-state index in [1.165, 1.54) is 25.3 Å². The average molecular weight is 262 g/mol. The smallest absolute Gasteiger partial charge is 0.337 e. The second kappa shape index (κ2) is 5.40. The highest BCUT2D eigenvalue weighted by molar-refractivity contribution is 5.91. The van der Waals surface area contributed by atoms with Crippen molar-refractivity contribution in [3.8, 4) is 12.3 Å². The van der Waals surface area contributed by atoms with E-state index >= 15 is 0 Å². The molecule has 1 aromatic rings. The molecule has 0 fully saturated rings. The molecule has 0 unspecified atom stereocenters. The van der Waals surface area contributed by atoms with Crippen LogP contribution in [0.2, 0.25) is 0 Å². The number of esters is 1. The van der Waals surface area contributed by atoms with Crippen molar-refractivity contribution < 1.29 is 14.5 Å². The molecule has 0 saturated carbocycles. The lowest BCUT2D eigenvalue weighted by Crippen LogP contribution is -2.29. The van der Waals surface area contributed by atoms with Crippen LogP contribution in [0.1, 0.15) is 24.2 Å². The molecule has 0 aliphatic heterocycles. The minimum Gasteiger partial charge on any atom is -0.465 e. The van der Waals surface area contributed by atoms with Crippen LogP contribution >= 0.6 is 0 Å². The van der Waals surface area contributed by atoms with E-state index in [0.29, 0.717) is 0 Å². The third kappa shape index (κ3) is 3.45. The summed E-state index contributed by atoms with van der Waals surface area (Å²) in [6.45, 7) is 3.39. The zero-order valence-corrected chi connectivity index (χ0v) is 10.9. The van der Waals surface area contributed by atoms with Gasteiger partial charge in [0.1, 0.15) is 5.69 Å². The highest BCUT2D eigenvalue weighted by Gasteiger charge is 2.22. The molecule has 0 aromatic heterocycles. The predicted octanol–water partition coefficient (Wildman–Crippen LogP) is 2.21. The van der Waals surface area contributed by atoms with Crippen molar-refractivity contribution in [1.29, 1.82) is 0 Å². The van der Waals surface area contributed by atoms with Crippen LogP contribution in [-0.2, 0) is 4.74 Å². The predicted molar refractivity (Wildman–Crippen MR) is 71.0 cm³/mol. The summed E-state index contributed by atoms with van der Waals surface area (Å²) in [5, 5.41) is 13.8. The summed E-state index contributed by atoms with van der Waals surface area (Å²) in [5.74, 6) is 1.90. The standard InChI is InChI=1S/C13H14N2O4/c1-5-13(2,3)14-10-8-9(12(16)19-4)6-7-11(10)15(17)18/h1,6-8,14H,2-4H3. The summed E-state index contributed by atoms with van der Waals surface area (Å²) in [7, 11) is 1.24. The van der Waals surface area contributed by atoms with Crippen molar-refractivity contribution in [3.05, 3.63) is 33.9 Å². The van der Waals surface area contributed by atoms with Gasteiger partial charge in [-0.1, -0.05) is 5.92 Å². The Kier molecular flexibility index (Phi) is 4.12. The molecule has 0 spiro atoms. The van der Waals surface area contributed by atoms with Crippen LogP contribution in [0.4, 0.5) is 11.4 Å². The monoisotopic (exact) mass is 262 g/mol. The first-order valence-corrected chi connectivity index (χ1v) is 5.43. The van der Waals surface area contributed by atoms with Crippen LogP contribution in [-0.4, -0.2) is 23.5 Å². The van der Waals surface area contributed by atoms with E-state index in [9.17, 15) is 14.9 Å². The second-order valence-electron chi connectivity index (χ2n) is 4.37. The van der Waals surface area contributed by atoms with Crippen molar-refractivity contribution in [2.75, 3.05) is 12.4 Å². The molecule has 19 heavy (non-hydrogen) atoms. The van der Waals surface area contributed by atoms with Gasteiger partial charge in [-0.05, 0) is 26.0 Å². The summed E-state index contributed by atoms with van der Waals surface area (Å²) < 4.78 is 4.57. The number of hydrogen-bond acceptors (Lipinski definition) is 5. The molecule has 6 heteroatoms. The lowest BCUT2D eigenvalue weighted by atomic mass is 10.1. The number of nitrogens with one attached hydrogen (secondary N) is 1. The largest absolute Gasteiger partial charge is 0.465 e. The Morgan fingerprint density at radius 3 is 2.63 bits per heavy atom. The fraction of sp³-hybridized carbons (Fsp3) is 0.308. The molecule has 0 radical (unpaired) electrons. The van der Waals surface area contributed by atoms with E-state index < -0.39 is 16.4 Å². The molecule has 100 valence electrons. The maximum Gasteiger partial charge on any atom is 0.337 e. The number of hydrogen-bond donors (Lipinski definition) is 1. The molecule has 0 bridgehead atoms. The molecular formula is C13H14N2O4. The van der Waals surface area contributed by atoms with Gasteiger partial charge < -0.3 is 10.1 Å². The summed E-state index contributed by atoms with van der Waals surface area (Å²) in [4.78, 5) is 21.8. The Labute approximate surface area is 110 Å². The third-order valence-corrected chi connectivity index (χ3v) is 2.42. The first kappa shape index (κ1) is 14.5. The summed E-state index contributed by atoms with van der Waals surface area (Å²) in [6, 6.07) is 3.92. The molecule has 6 nitrogen and oxygen atoms in total. The summed E-state index contributed by atoms with van der Waals surface area (Å²) in [5.41, 5.74) is -0.547. The lowest BCUT2D eigenvalue weighted by Gasteiger charge is -2.21. The van der Waals surface area contributed by atoms with Gasteiger partial charge in [0.15, 0.2) is 0 Å². The molecule has 0 saturated heterocycles. The normalized spacial score (nSPS) is 10.4. The Balaban J connectivity index is 3.28. The molecule has 0 amide bonds. The van der Waals surface area contributed by atoms with Gasteiger partial charge in [0, 0.05) is 6.07 Å². The first-order chi connectivity index (χ1) is 8.80. The summed E-state index contributed by atoms with van der Waals surface area (Å²) >= 11 is 0. The fourth-order valence-corrected chi connectivity index (χ4v) is 1.41. The number of rotatable bonds is 4. The number of terminal acetylenes is 1. The number of benzene rings is 1. The van der Waals surface area contributed by atoms with E-state index in [1.807, 2.05) is 0 Å². The van der Waals surface area contributed by atoms with Gasteiger partial charge in [-0.3, -0.25) is 10.1 Å². The fourth-order valence-electron chi connectivity index (χ4n) is 1.41. The highest BCUT2D eigenvalue weighted by atomic mass is 16.6. The van der Waals surface area contributed by atoms with E-state index in [2.05, 4.69) is 16.0 Å². The van der Waals surface area contributed by atoms with Gasteiger partial charge in [0.05, 0.1) is 23.1 Å². The van der Waals surface area contributed by atoms with E-state index in [4.69, 9.17) is 6.42 Å². The van der Waals surface area contributed by atoms with Crippen molar-refractivity contribution in [3.63, 3.8) is 0 Å². The zero-order valence-electron chi connectivity index (χ0n) is 10.9. The number of ether oxygens (including phenoxy) is 1. The lowest BCUT2D eigenvalue weighted by molar-refractivity contribution is -0.384. The number of carbonyl (C=O) groups is 1. The number of anilines is 1. The maximum absolute atomic E-state index is 11.4. The molecular weight excluding hydrogens is 248 g/mol. The first-order valence-electron chi connectivity index (χ1n) is 5.43. The Hall–Kier alpha value is -2.55. The van der Waals surface area contributed by atoms with Crippen LogP contribution in [0.15, 0.2) is 18.2 Å². The van der Waals surface area contributed by atoms with Gasteiger partial charge in [0.25, 0.3) is 5.69 Å². The van der Waals surface area contributed by atoms with Gasteiger partial charge in [-0.2, -0.15) is 0 Å². The third-order valence-electron chi connectivity index (χ3n) is 2.42. The number of nitrogens with zero attached hydrogens (tertiary/aromatic N) is 1. The quantitative estimate of drug-likeness (QED) is 0.389. The van der Waals surface area contributed by atoms with Crippen molar-refractivity contribution >= 4 is 17.3 Å². The number of methoxy groups -OCH3 is 1. The SMILES string of the molecule is C#CC(C)(C)Nc1cc(C(=O)OC)ccc1[N+](=O)[O-]. The van der Waals surface area contributed by atoms with Crippen LogP contribution < -0.4 is 5.32 Å². The number of nitro groups is 1.